The number of rotatable bonds is 1. The monoisotopic (exact) mass is 319 g/mol. The second-order valence-corrected chi connectivity index (χ2v) is 6.02. The Labute approximate surface area is 112 Å². The molecule has 1 aliphatic rings. The van der Waals surface area contributed by atoms with Crippen LogP contribution in [0.1, 0.15) is 10.4 Å². The summed E-state index contributed by atoms with van der Waals surface area (Å²) >= 11 is 11.2. The van der Waals surface area contributed by atoms with Crippen molar-refractivity contribution in [3.05, 3.63) is 33.3 Å². The predicted octanol–water partition coefficient (Wildman–Crippen LogP) is 3.29. The zero-order valence-corrected chi connectivity index (χ0v) is 11.7. The van der Waals surface area contributed by atoms with E-state index in [4.69, 9.17) is 11.6 Å². The summed E-state index contributed by atoms with van der Waals surface area (Å²) in [7, 11) is 0. The van der Waals surface area contributed by atoms with Gasteiger partial charge in [-0.3, -0.25) is 4.79 Å². The fourth-order valence-electron chi connectivity index (χ4n) is 1.58. The molecule has 0 bridgehead atoms. The van der Waals surface area contributed by atoms with Gasteiger partial charge in [0, 0.05) is 34.6 Å². The van der Waals surface area contributed by atoms with Gasteiger partial charge in [-0.25, -0.2) is 0 Å². The third-order valence-electron chi connectivity index (χ3n) is 2.46. The molecule has 1 saturated heterocycles. The Balaban J connectivity index is 2.16. The van der Waals surface area contributed by atoms with Crippen LogP contribution in [0.25, 0.3) is 0 Å². The van der Waals surface area contributed by atoms with E-state index in [1.54, 1.807) is 12.1 Å². The molecule has 1 heterocycles. The van der Waals surface area contributed by atoms with E-state index in [9.17, 15) is 4.79 Å². The van der Waals surface area contributed by atoms with Gasteiger partial charge in [0.25, 0.3) is 5.91 Å². The molecular formula is C11H11BrClNOS. The minimum absolute atomic E-state index is 0.0784. The summed E-state index contributed by atoms with van der Waals surface area (Å²) in [6.45, 7) is 1.66. The molecule has 1 amide bonds. The van der Waals surface area contributed by atoms with Crippen LogP contribution in [0, 0.1) is 0 Å². The minimum atomic E-state index is 0.0784. The van der Waals surface area contributed by atoms with Crippen molar-refractivity contribution in [2.24, 2.45) is 0 Å². The number of carbonyl (C=O) groups excluding carboxylic acids is 1. The molecule has 86 valence electrons. The Kier molecular flexibility index (Phi) is 4.16. The van der Waals surface area contributed by atoms with Crippen LogP contribution in [0.2, 0.25) is 5.02 Å². The van der Waals surface area contributed by atoms with Gasteiger partial charge in [-0.05, 0) is 34.1 Å². The van der Waals surface area contributed by atoms with E-state index < -0.39 is 0 Å². The van der Waals surface area contributed by atoms with Crippen molar-refractivity contribution in [2.45, 2.75) is 0 Å². The summed E-state index contributed by atoms with van der Waals surface area (Å²) in [5, 5.41) is 0.581. The highest BCUT2D eigenvalue weighted by atomic mass is 79.9. The number of thioether (sulfide) groups is 1. The lowest BCUT2D eigenvalue weighted by atomic mass is 10.2. The summed E-state index contributed by atoms with van der Waals surface area (Å²) in [6, 6.07) is 5.34. The molecule has 1 fully saturated rings. The first-order chi connectivity index (χ1) is 7.68. The summed E-state index contributed by atoms with van der Waals surface area (Å²) in [5.74, 6) is 2.13. The normalized spacial score (nSPS) is 16.2. The third kappa shape index (κ3) is 2.73. The van der Waals surface area contributed by atoms with Crippen LogP contribution in [0.15, 0.2) is 22.7 Å². The molecule has 1 aromatic carbocycles. The van der Waals surface area contributed by atoms with Crippen molar-refractivity contribution < 1.29 is 4.79 Å². The summed E-state index contributed by atoms with van der Waals surface area (Å²) in [5.41, 5.74) is 0.667. The standard InChI is InChI=1S/C11H11BrClNOS/c12-9-2-1-8(7-10(9)13)11(15)14-3-5-16-6-4-14/h1-2,7H,3-6H2. The molecule has 0 aromatic heterocycles. The van der Waals surface area contributed by atoms with Crippen molar-refractivity contribution >= 4 is 45.2 Å². The van der Waals surface area contributed by atoms with Crippen molar-refractivity contribution in [1.82, 2.24) is 4.90 Å². The number of halogens is 2. The molecule has 0 N–H and O–H groups in total. The number of carbonyl (C=O) groups is 1. The quantitative estimate of drug-likeness (QED) is 0.791. The molecule has 5 heteroatoms. The van der Waals surface area contributed by atoms with Gasteiger partial charge in [-0.1, -0.05) is 11.6 Å². The maximum absolute atomic E-state index is 12.1. The highest BCUT2D eigenvalue weighted by Crippen LogP contribution is 2.24. The van der Waals surface area contributed by atoms with Gasteiger partial charge >= 0.3 is 0 Å². The van der Waals surface area contributed by atoms with E-state index in [0.29, 0.717) is 10.6 Å². The first kappa shape index (κ1) is 12.3. The SMILES string of the molecule is O=C(c1ccc(Br)c(Cl)c1)N1CCSCC1. The Morgan fingerprint density at radius 1 is 1.38 bits per heavy atom. The van der Waals surface area contributed by atoms with Crippen LogP contribution < -0.4 is 0 Å². The molecule has 0 spiro atoms. The Hall–Kier alpha value is -0.190. The zero-order valence-electron chi connectivity index (χ0n) is 8.58. The maximum atomic E-state index is 12.1. The number of nitrogens with zero attached hydrogens (tertiary/aromatic N) is 1. The molecule has 2 rings (SSSR count). The second-order valence-electron chi connectivity index (χ2n) is 3.53. The number of amides is 1. The van der Waals surface area contributed by atoms with Crippen LogP contribution in [-0.4, -0.2) is 35.4 Å². The van der Waals surface area contributed by atoms with Gasteiger partial charge < -0.3 is 4.90 Å². The lowest BCUT2D eigenvalue weighted by Gasteiger charge is -2.26. The lowest BCUT2D eigenvalue weighted by molar-refractivity contribution is 0.0772. The van der Waals surface area contributed by atoms with E-state index >= 15 is 0 Å². The average Bonchev–Trinajstić information content (AvgIpc) is 2.33. The van der Waals surface area contributed by atoms with Crippen molar-refractivity contribution in [2.75, 3.05) is 24.6 Å². The van der Waals surface area contributed by atoms with Crippen LogP contribution in [0.5, 0.6) is 0 Å². The summed E-state index contributed by atoms with van der Waals surface area (Å²) in [6.07, 6.45) is 0. The smallest absolute Gasteiger partial charge is 0.253 e. The third-order valence-corrected chi connectivity index (χ3v) is 4.64. The Bertz CT molecular complexity index is 407. The Morgan fingerprint density at radius 3 is 2.69 bits per heavy atom. The van der Waals surface area contributed by atoms with Crippen LogP contribution >= 0.6 is 39.3 Å². The van der Waals surface area contributed by atoms with E-state index in [1.807, 2.05) is 22.7 Å². The lowest BCUT2D eigenvalue weighted by Crippen LogP contribution is -2.37. The highest BCUT2D eigenvalue weighted by Gasteiger charge is 2.18. The van der Waals surface area contributed by atoms with Gasteiger partial charge in [0.1, 0.15) is 0 Å². The van der Waals surface area contributed by atoms with Gasteiger partial charge in [0.2, 0.25) is 0 Å². The summed E-state index contributed by atoms with van der Waals surface area (Å²) in [4.78, 5) is 14.0. The van der Waals surface area contributed by atoms with E-state index in [1.165, 1.54) is 0 Å². The molecular weight excluding hydrogens is 310 g/mol. The van der Waals surface area contributed by atoms with Crippen molar-refractivity contribution in [1.29, 1.82) is 0 Å². The Morgan fingerprint density at radius 2 is 2.06 bits per heavy atom. The number of benzene rings is 1. The molecule has 1 aliphatic heterocycles. The highest BCUT2D eigenvalue weighted by molar-refractivity contribution is 9.10. The first-order valence-corrected chi connectivity index (χ1v) is 7.33. The minimum Gasteiger partial charge on any atom is -0.337 e. The fourth-order valence-corrected chi connectivity index (χ4v) is 2.91. The molecule has 0 atom stereocenters. The van der Waals surface area contributed by atoms with Gasteiger partial charge in [-0.2, -0.15) is 11.8 Å². The molecule has 16 heavy (non-hydrogen) atoms. The molecule has 0 radical (unpaired) electrons. The van der Waals surface area contributed by atoms with Gasteiger partial charge in [0.05, 0.1) is 5.02 Å². The fraction of sp³-hybridized carbons (Fsp3) is 0.364. The van der Waals surface area contributed by atoms with Crippen LogP contribution in [-0.2, 0) is 0 Å². The summed E-state index contributed by atoms with van der Waals surface area (Å²) < 4.78 is 0.819. The number of hydrogen-bond acceptors (Lipinski definition) is 2. The molecule has 0 unspecified atom stereocenters. The molecule has 0 saturated carbocycles. The molecule has 2 nitrogen and oxygen atoms in total. The van der Waals surface area contributed by atoms with Crippen molar-refractivity contribution in [3.8, 4) is 0 Å². The van der Waals surface area contributed by atoms with Crippen molar-refractivity contribution in [3.63, 3.8) is 0 Å². The van der Waals surface area contributed by atoms with Crippen LogP contribution in [0.4, 0.5) is 0 Å². The van der Waals surface area contributed by atoms with E-state index in [0.717, 1.165) is 29.1 Å². The van der Waals surface area contributed by atoms with Crippen LogP contribution in [0.3, 0.4) is 0 Å². The topological polar surface area (TPSA) is 20.3 Å². The largest absolute Gasteiger partial charge is 0.337 e. The zero-order chi connectivity index (χ0) is 11.5. The first-order valence-electron chi connectivity index (χ1n) is 5.00. The molecule has 0 aliphatic carbocycles. The predicted molar refractivity (Wildman–Crippen MR) is 72.4 cm³/mol. The van der Waals surface area contributed by atoms with E-state index in [-0.39, 0.29) is 5.91 Å². The van der Waals surface area contributed by atoms with Gasteiger partial charge in [-0.15, -0.1) is 0 Å². The van der Waals surface area contributed by atoms with E-state index in [2.05, 4.69) is 15.9 Å². The molecule has 1 aromatic rings. The number of hydrogen-bond donors (Lipinski definition) is 0. The second kappa shape index (κ2) is 5.43. The maximum Gasteiger partial charge on any atom is 0.253 e. The van der Waals surface area contributed by atoms with Gasteiger partial charge in [0.15, 0.2) is 0 Å². The average molecular weight is 321 g/mol.